The molecule has 98 valence electrons. The molecule has 5 heteroatoms. The molecule has 3 aliphatic heterocycles. The third kappa shape index (κ3) is 2.42. The molecule has 0 atom stereocenters. The van der Waals surface area contributed by atoms with E-state index in [9.17, 15) is 0 Å². The molecule has 3 aliphatic rings. The van der Waals surface area contributed by atoms with Gasteiger partial charge in [0.2, 0.25) is 0 Å². The number of hydrogen-bond acceptors (Lipinski definition) is 3. The summed E-state index contributed by atoms with van der Waals surface area (Å²) in [5.74, 6) is 0. The van der Waals surface area contributed by atoms with Crippen LogP contribution in [-0.4, -0.2) is 74.5 Å². The zero-order chi connectivity index (χ0) is 11.7. The maximum absolute atomic E-state index is 2.87. The van der Waals surface area contributed by atoms with Crippen molar-refractivity contribution in [2.24, 2.45) is 0 Å². The average Bonchev–Trinajstić information content (AvgIpc) is 3.10. The minimum atomic E-state index is -1.10. The van der Waals surface area contributed by atoms with Crippen molar-refractivity contribution in [3.63, 3.8) is 0 Å². The van der Waals surface area contributed by atoms with E-state index in [-0.39, 0.29) is 0 Å². The van der Waals surface area contributed by atoms with Crippen LogP contribution in [0.25, 0.3) is 0 Å². The van der Waals surface area contributed by atoms with Crippen LogP contribution in [0.4, 0.5) is 0 Å². The predicted octanol–water partition coefficient (Wildman–Crippen LogP) is 2.12. The van der Waals surface area contributed by atoms with E-state index < -0.39 is 4.94 Å². The molecule has 0 aromatic carbocycles. The summed E-state index contributed by atoms with van der Waals surface area (Å²) in [6.45, 7) is 8.17. The summed E-state index contributed by atoms with van der Waals surface area (Å²) in [5.41, 5.74) is 0. The summed E-state index contributed by atoms with van der Waals surface area (Å²) in [6.07, 6.45) is 8.58. The Hall–Kier alpha value is 1.10. The topological polar surface area (TPSA) is 9.72 Å². The van der Waals surface area contributed by atoms with E-state index in [0.29, 0.717) is 0 Å². The molecule has 17 heavy (non-hydrogen) atoms. The molecule has 0 N–H and O–H groups in total. The van der Waals surface area contributed by atoms with E-state index in [4.69, 9.17) is 0 Å². The molecule has 0 radical (unpaired) electrons. The van der Waals surface area contributed by atoms with Crippen LogP contribution in [-0.2, 0) is 0 Å². The third-order valence-corrected chi connectivity index (χ3v) is 13.7. The van der Waals surface area contributed by atoms with Crippen LogP contribution in [0.15, 0.2) is 0 Å². The Morgan fingerprint density at radius 1 is 0.529 bits per heavy atom. The summed E-state index contributed by atoms with van der Waals surface area (Å²) < 4.78 is 8.61. The molecule has 3 rings (SSSR count). The Balaban J connectivity index is 1.84. The van der Waals surface area contributed by atoms with Gasteiger partial charge in [-0.15, -0.1) is 0 Å². The molecule has 3 saturated heterocycles. The van der Waals surface area contributed by atoms with Crippen LogP contribution in [0.5, 0.6) is 0 Å². The van der Waals surface area contributed by atoms with Crippen LogP contribution >= 0.6 is 4.94 Å². The summed E-state index contributed by atoms with van der Waals surface area (Å²) in [6, 6.07) is 0. The van der Waals surface area contributed by atoms with Gasteiger partial charge in [-0.3, -0.25) is 0 Å². The van der Waals surface area contributed by atoms with Crippen molar-refractivity contribution >= 4 is 26.2 Å². The summed E-state index contributed by atoms with van der Waals surface area (Å²) in [7, 11) is 0. The van der Waals surface area contributed by atoms with Crippen LogP contribution in [0.3, 0.4) is 0 Å². The second kappa shape index (κ2) is 5.61. The van der Waals surface area contributed by atoms with Gasteiger partial charge in [-0.2, -0.15) is 0 Å². The van der Waals surface area contributed by atoms with Crippen molar-refractivity contribution in [3.8, 4) is 0 Å². The fourth-order valence-electron chi connectivity index (χ4n) is 3.42. The predicted molar refractivity (Wildman–Crippen MR) is 75.1 cm³/mol. The second-order valence-corrected chi connectivity index (χ2v) is 12.4. The van der Waals surface area contributed by atoms with Gasteiger partial charge in [0.15, 0.2) is 0 Å². The molecule has 0 aliphatic carbocycles. The van der Waals surface area contributed by atoms with Gasteiger partial charge in [0.05, 0.1) is 0 Å². The first-order valence-electron chi connectivity index (χ1n) is 7.18. The monoisotopic (exact) mass is 371 g/mol. The van der Waals surface area contributed by atoms with Gasteiger partial charge in [0, 0.05) is 0 Å². The first-order valence-corrected chi connectivity index (χ1v) is 11.9. The number of rotatable bonds is 3. The molecule has 3 fully saturated rings. The second-order valence-electron chi connectivity index (χ2n) is 5.50. The van der Waals surface area contributed by atoms with Crippen LogP contribution in [0.1, 0.15) is 38.5 Å². The van der Waals surface area contributed by atoms with Gasteiger partial charge in [-0.1, -0.05) is 0 Å². The van der Waals surface area contributed by atoms with Gasteiger partial charge < -0.3 is 0 Å². The van der Waals surface area contributed by atoms with Gasteiger partial charge in [0.1, 0.15) is 0 Å². The molecule has 0 aromatic heterocycles. The molecular weight excluding hydrogens is 345 g/mol. The van der Waals surface area contributed by atoms with E-state index >= 15 is 0 Å². The van der Waals surface area contributed by atoms with Crippen molar-refractivity contribution in [1.29, 1.82) is 0 Å². The fourth-order valence-corrected chi connectivity index (χ4v) is 11.1. The standard InChI is InChI=1S/C12H24N3PTe/c17-16(13-7-1-2-8-13,14-9-3-4-10-14)15-11-5-6-12-15/h1-12H2. The van der Waals surface area contributed by atoms with Crippen LogP contribution < -0.4 is 0 Å². The zero-order valence-electron chi connectivity index (χ0n) is 10.7. The quantitative estimate of drug-likeness (QED) is 0.558. The van der Waals surface area contributed by atoms with Gasteiger partial charge >= 0.3 is 118 Å². The molecule has 0 unspecified atom stereocenters. The van der Waals surface area contributed by atoms with E-state index in [1.54, 1.807) is 0 Å². The number of hydrogen-bond donors (Lipinski definition) is 0. The summed E-state index contributed by atoms with van der Waals surface area (Å²) >= 11 is 2.52. The molecule has 0 aromatic rings. The summed E-state index contributed by atoms with van der Waals surface area (Å²) in [5, 5.41) is 0. The van der Waals surface area contributed by atoms with Gasteiger partial charge in [0.25, 0.3) is 0 Å². The molecule has 0 saturated carbocycles. The first kappa shape index (κ1) is 13.1. The Bertz CT molecular complexity index is 257. The maximum atomic E-state index is 2.87. The van der Waals surface area contributed by atoms with Crippen molar-refractivity contribution in [1.82, 2.24) is 14.0 Å². The molecule has 3 heterocycles. The van der Waals surface area contributed by atoms with Crippen molar-refractivity contribution in [2.75, 3.05) is 39.3 Å². The zero-order valence-corrected chi connectivity index (χ0v) is 13.9. The molecule has 3 nitrogen and oxygen atoms in total. The minimum absolute atomic E-state index is 1.10. The number of nitrogens with zero attached hydrogens (tertiary/aromatic N) is 3. The van der Waals surface area contributed by atoms with Crippen molar-refractivity contribution in [2.45, 2.75) is 38.5 Å². The van der Waals surface area contributed by atoms with Gasteiger partial charge in [-0.25, -0.2) is 0 Å². The van der Waals surface area contributed by atoms with E-state index in [1.807, 2.05) is 0 Å². The SMILES string of the molecule is [Te]=P(N1CCCC1)(N1CCCC1)N1CCCC1. The van der Waals surface area contributed by atoms with E-state index in [1.165, 1.54) is 77.8 Å². The Morgan fingerprint density at radius 2 is 0.765 bits per heavy atom. The fraction of sp³-hybridized carbons (Fsp3) is 1.00. The van der Waals surface area contributed by atoms with Crippen LogP contribution in [0, 0.1) is 0 Å². The average molecular weight is 369 g/mol. The Labute approximate surface area is 118 Å². The molecule has 0 amide bonds. The molecule has 0 spiro atoms. The third-order valence-electron chi connectivity index (χ3n) is 4.35. The summed E-state index contributed by atoms with van der Waals surface area (Å²) in [4.78, 5) is -1.10. The Kier molecular flexibility index (Phi) is 4.33. The molecular formula is C12H24N3PTe. The van der Waals surface area contributed by atoms with Gasteiger partial charge in [-0.05, 0) is 0 Å². The van der Waals surface area contributed by atoms with E-state index in [2.05, 4.69) is 35.2 Å². The molecule has 0 bridgehead atoms. The normalized spacial score (nSPS) is 29.4. The van der Waals surface area contributed by atoms with E-state index in [0.717, 1.165) is 0 Å². The Morgan fingerprint density at radius 3 is 1.00 bits per heavy atom. The van der Waals surface area contributed by atoms with Crippen molar-refractivity contribution in [3.05, 3.63) is 0 Å². The first-order chi connectivity index (χ1) is 8.32. The van der Waals surface area contributed by atoms with Crippen molar-refractivity contribution < 1.29 is 0 Å². The van der Waals surface area contributed by atoms with Crippen LogP contribution in [0.2, 0.25) is 0 Å².